The molecule has 0 saturated heterocycles. The molecule has 0 fully saturated rings. The largest absolute Gasteiger partial charge is 0.478 e. The van der Waals surface area contributed by atoms with E-state index in [0.29, 0.717) is 0 Å². The van der Waals surface area contributed by atoms with E-state index in [1.807, 2.05) is 0 Å². The summed E-state index contributed by atoms with van der Waals surface area (Å²) in [5, 5.41) is 18.5. The Kier molecular flexibility index (Phi) is 2.52. The van der Waals surface area contributed by atoms with Crippen molar-refractivity contribution in [2.75, 3.05) is 5.73 Å². The van der Waals surface area contributed by atoms with Gasteiger partial charge in [-0.05, 0) is 0 Å². The van der Waals surface area contributed by atoms with Gasteiger partial charge in [0, 0.05) is 6.07 Å². The number of carboxylic acids is 1. The van der Waals surface area contributed by atoms with Gasteiger partial charge in [0.1, 0.15) is 11.4 Å². The lowest BCUT2D eigenvalue weighted by atomic mass is 10.2. The Balaban J connectivity index is 3.42. The van der Waals surface area contributed by atoms with Crippen LogP contribution in [0.2, 0.25) is 5.15 Å². The van der Waals surface area contributed by atoms with Gasteiger partial charge in [-0.15, -0.1) is 0 Å². The minimum Gasteiger partial charge on any atom is -0.478 e. The smallest absolute Gasteiger partial charge is 0.339 e. The van der Waals surface area contributed by atoms with Crippen LogP contribution >= 0.6 is 11.6 Å². The first kappa shape index (κ1) is 10.2. The Morgan fingerprint density at radius 2 is 2.29 bits per heavy atom. The normalized spacial score (nSPS) is 9.79. The molecule has 0 aliphatic heterocycles. The molecule has 0 aliphatic rings. The summed E-state index contributed by atoms with van der Waals surface area (Å²) in [6.45, 7) is 0. The predicted octanol–water partition coefficient (Wildman–Crippen LogP) is 0.924. The highest BCUT2D eigenvalue weighted by atomic mass is 35.5. The van der Waals surface area contributed by atoms with Crippen molar-refractivity contribution in [3.63, 3.8) is 0 Å². The molecule has 1 rings (SSSR count). The Morgan fingerprint density at radius 3 is 2.71 bits per heavy atom. The lowest BCUT2D eigenvalue weighted by Crippen LogP contribution is -2.06. The van der Waals surface area contributed by atoms with Gasteiger partial charge < -0.3 is 10.8 Å². The molecule has 3 N–H and O–H groups in total. The number of nitrogens with two attached hydrogens (primary N) is 1. The third kappa shape index (κ3) is 1.72. The van der Waals surface area contributed by atoms with Crippen molar-refractivity contribution in [3.8, 4) is 0 Å². The summed E-state index contributed by atoms with van der Waals surface area (Å²) < 4.78 is 0. The van der Waals surface area contributed by atoms with E-state index < -0.39 is 27.3 Å². The summed E-state index contributed by atoms with van der Waals surface area (Å²) in [5.74, 6) is -1.75. The number of aromatic nitrogens is 1. The fourth-order valence-electron chi connectivity index (χ4n) is 0.793. The monoisotopic (exact) mass is 217 g/mol. The van der Waals surface area contributed by atoms with Crippen LogP contribution in [-0.2, 0) is 0 Å². The number of hydrogen-bond donors (Lipinski definition) is 2. The quantitative estimate of drug-likeness (QED) is 0.432. The molecule has 0 bridgehead atoms. The summed E-state index contributed by atoms with van der Waals surface area (Å²) in [6, 6.07) is 0.771. The second kappa shape index (κ2) is 3.46. The molecule has 0 saturated carbocycles. The highest BCUT2D eigenvalue weighted by Crippen LogP contribution is 2.25. The minimum absolute atomic E-state index is 0.354. The number of aromatic carboxylic acids is 1. The van der Waals surface area contributed by atoms with Crippen LogP contribution in [0, 0.1) is 10.1 Å². The molecule has 0 atom stereocenters. The molecule has 74 valence electrons. The second-order valence-corrected chi connectivity index (χ2v) is 2.65. The third-order valence-electron chi connectivity index (χ3n) is 1.41. The molecule has 0 unspecified atom stereocenters. The lowest BCUT2D eigenvalue weighted by molar-refractivity contribution is -0.385. The third-order valence-corrected chi connectivity index (χ3v) is 1.69. The zero-order valence-corrected chi connectivity index (χ0v) is 7.35. The molecule has 8 heteroatoms. The fraction of sp³-hybridized carbons (Fsp3) is 0. The summed E-state index contributed by atoms with van der Waals surface area (Å²) >= 11 is 5.38. The van der Waals surface area contributed by atoms with Gasteiger partial charge in [0.2, 0.25) is 5.15 Å². The van der Waals surface area contributed by atoms with E-state index >= 15 is 0 Å². The van der Waals surface area contributed by atoms with E-state index in [9.17, 15) is 14.9 Å². The number of halogens is 1. The van der Waals surface area contributed by atoms with Crippen molar-refractivity contribution < 1.29 is 14.8 Å². The van der Waals surface area contributed by atoms with Crippen molar-refractivity contribution in [1.29, 1.82) is 0 Å². The van der Waals surface area contributed by atoms with Crippen molar-refractivity contribution in [3.05, 3.63) is 26.9 Å². The summed E-state index contributed by atoms with van der Waals surface area (Å²) in [4.78, 5) is 23.4. The number of carbonyl (C=O) groups is 1. The van der Waals surface area contributed by atoms with E-state index in [-0.39, 0.29) is 5.82 Å². The molecule has 7 nitrogen and oxygen atoms in total. The highest BCUT2D eigenvalue weighted by molar-refractivity contribution is 6.31. The molecular formula is C6H4ClN3O4. The van der Waals surface area contributed by atoms with Gasteiger partial charge >= 0.3 is 11.7 Å². The molecular weight excluding hydrogens is 214 g/mol. The molecule has 0 radical (unpaired) electrons. The zero-order chi connectivity index (χ0) is 10.9. The maximum atomic E-state index is 10.5. The number of pyridine rings is 1. The minimum atomic E-state index is -1.39. The van der Waals surface area contributed by atoms with Gasteiger partial charge in [0.25, 0.3) is 0 Å². The van der Waals surface area contributed by atoms with Gasteiger partial charge in [0.05, 0.1) is 4.92 Å². The number of rotatable bonds is 2. The standard InChI is InChI=1S/C6H4ClN3O4/c7-4-3(10(13)14)1-2(6(11)12)5(8)9-4/h1H,(H2,8,9)(H,11,12). The number of nitrogen functional groups attached to an aromatic ring is 1. The van der Waals surface area contributed by atoms with E-state index in [1.54, 1.807) is 0 Å². The average molecular weight is 218 g/mol. The van der Waals surface area contributed by atoms with E-state index in [0.717, 1.165) is 6.07 Å². The van der Waals surface area contributed by atoms with Gasteiger partial charge in [-0.1, -0.05) is 11.6 Å². The first-order valence-electron chi connectivity index (χ1n) is 3.27. The van der Waals surface area contributed by atoms with Crippen LogP contribution in [0.5, 0.6) is 0 Å². The van der Waals surface area contributed by atoms with Crippen LogP contribution in [0.1, 0.15) is 10.4 Å². The van der Waals surface area contributed by atoms with E-state index in [1.165, 1.54) is 0 Å². The van der Waals surface area contributed by atoms with E-state index in [2.05, 4.69) is 4.98 Å². The Labute approximate surface area is 82.3 Å². The average Bonchev–Trinajstić information content (AvgIpc) is 2.02. The van der Waals surface area contributed by atoms with Gasteiger partial charge in [-0.3, -0.25) is 10.1 Å². The van der Waals surface area contributed by atoms with Crippen molar-refractivity contribution in [2.24, 2.45) is 0 Å². The molecule has 1 heterocycles. The zero-order valence-electron chi connectivity index (χ0n) is 6.60. The molecule has 0 spiro atoms. The number of hydrogen-bond acceptors (Lipinski definition) is 5. The molecule has 0 aromatic carbocycles. The van der Waals surface area contributed by atoms with Crippen molar-refractivity contribution in [1.82, 2.24) is 4.98 Å². The van der Waals surface area contributed by atoms with Gasteiger partial charge in [-0.2, -0.15) is 0 Å². The fourth-order valence-corrected chi connectivity index (χ4v) is 1.01. The van der Waals surface area contributed by atoms with Crippen molar-refractivity contribution >= 4 is 29.1 Å². The molecule has 1 aromatic rings. The van der Waals surface area contributed by atoms with E-state index in [4.69, 9.17) is 22.4 Å². The first-order chi connectivity index (χ1) is 6.43. The maximum Gasteiger partial charge on any atom is 0.339 e. The predicted molar refractivity (Wildman–Crippen MR) is 47.3 cm³/mol. The molecule has 1 aromatic heterocycles. The Hall–Kier alpha value is -1.89. The Morgan fingerprint density at radius 1 is 1.71 bits per heavy atom. The van der Waals surface area contributed by atoms with Crippen LogP contribution in [0.3, 0.4) is 0 Å². The summed E-state index contributed by atoms with van der Waals surface area (Å²) in [7, 11) is 0. The number of carboxylic acid groups (broad SMARTS) is 1. The summed E-state index contributed by atoms with van der Waals surface area (Å²) in [6.07, 6.45) is 0. The van der Waals surface area contributed by atoms with Crippen molar-refractivity contribution in [2.45, 2.75) is 0 Å². The van der Waals surface area contributed by atoms with Gasteiger partial charge in [-0.25, -0.2) is 9.78 Å². The first-order valence-corrected chi connectivity index (χ1v) is 3.65. The molecule has 0 aliphatic carbocycles. The number of nitrogens with zero attached hydrogens (tertiary/aromatic N) is 2. The topological polar surface area (TPSA) is 119 Å². The van der Waals surface area contributed by atoms with Crippen LogP contribution in [0.25, 0.3) is 0 Å². The van der Waals surface area contributed by atoms with Crippen LogP contribution in [0.15, 0.2) is 6.07 Å². The SMILES string of the molecule is Nc1nc(Cl)c([N+](=O)[O-])cc1C(=O)O. The summed E-state index contributed by atoms with van der Waals surface area (Å²) in [5.41, 5.74) is 4.16. The maximum absolute atomic E-state index is 10.5. The van der Waals surface area contributed by atoms with Gasteiger partial charge in [0.15, 0.2) is 0 Å². The molecule has 14 heavy (non-hydrogen) atoms. The van der Waals surface area contributed by atoms with Crippen LogP contribution in [-0.4, -0.2) is 21.0 Å². The number of nitro groups is 1. The van der Waals surface area contributed by atoms with Crippen LogP contribution < -0.4 is 5.73 Å². The molecule has 0 amide bonds. The van der Waals surface area contributed by atoms with Crippen LogP contribution in [0.4, 0.5) is 11.5 Å². The second-order valence-electron chi connectivity index (χ2n) is 2.29. The lowest BCUT2D eigenvalue weighted by Gasteiger charge is -2.00. The highest BCUT2D eigenvalue weighted by Gasteiger charge is 2.20. The Bertz CT molecular complexity index is 385. The number of anilines is 1.